The zero-order valence-corrected chi connectivity index (χ0v) is 17.5. The van der Waals surface area contributed by atoms with E-state index in [4.69, 9.17) is 9.15 Å². The summed E-state index contributed by atoms with van der Waals surface area (Å²) < 4.78 is 10.8. The van der Waals surface area contributed by atoms with Crippen LogP contribution in [0.4, 0.5) is 0 Å². The highest BCUT2D eigenvalue weighted by Crippen LogP contribution is 2.20. The number of ether oxygens (including phenoxy) is 1. The number of piperidine rings is 1. The number of nitrogens with zero attached hydrogens (tertiary/aromatic N) is 1. The van der Waals surface area contributed by atoms with Crippen LogP contribution in [-0.2, 0) is 9.59 Å². The summed E-state index contributed by atoms with van der Waals surface area (Å²) in [5, 5.41) is 3.79. The zero-order chi connectivity index (χ0) is 21.3. The van der Waals surface area contributed by atoms with Gasteiger partial charge in [0.15, 0.2) is 6.61 Å². The quantitative estimate of drug-likeness (QED) is 0.503. The maximum Gasteiger partial charge on any atom is 0.336 e. The molecule has 1 saturated heterocycles. The molecule has 0 bridgehead atoms. The highest BCUT2D eigenvalue weighted by Gasteiger charge is 2.28. The van der Waals surface area contributed by atoms with Gasteiger partial charge in [0.25, 0.3) is 5.91 Å². The highest BCUT2D eigenvalue weighted by atomic mass is 16.5. The summed E-state index contributed by atoms with van der Waals surface area (Å²) in [6, 6.07) is 8.16. The average molecular weight is 415 g/mol. The summed E-state index contributed by atoms with van der Waals surface area (Å²) in [6.45, 7) is 3.80. The van der Waals surface area contributed by atoms with E-state index in [2.05, 4.69) is 12.2 Å². The third-order valence-electron chi connectivity index (χ3n) is 5.43. The number of hydrogen-bond acceptors (Lipinski definition) is 5. The minimum atomic E-state index is -0.432. The fourth-order valence-electron chi connectivity index (χ4n) is 3.69. The largest absolute Gasteiger partial charge is 0.484 e. The Morgan fingerprint density at radius 2 is 2.03 bits per heavy atom. The van der Waals surface area contributed by atoms with Gasteiger partial charge in [-0.2, -0.15) is 0 Å². The average Bonchev–Trinajstić information content (AvgIpc) is 2.77. The van der Waals surface area contributed by atoms with Crippen molar-refractivity contribution in [3.63, 3.8) is 0 Å². The van der Waals surface area contributed by atoms with Crippen LogP contribution in [0.5, 0.6) is 5.75 Å². The second kappa shape index (κ2) is 10.8. The SMILES string of the molecule is CCCCCCNC(=O)C1CCCN(C(=O)COc2ccc3ccc(=O)oc3c2)C1. The second-order valence-corrected chi connectivity index (χ2v) is 7.77. The molecular formula is C23H30N2O5. The van der Waals surface area contributed by atoms with Crippen molar-refractivity contribution in [3.05, 3.63) is 40.8 Å². The predicted octanol–water partition coefficient (Wildman–Crippen LogP) is 3.11. The zero-order valence-electron chi connectivity index (χ0n) is 17.5. The van der Waals surface area contributed by atoms with Crippen LogP contribution in [0, 0.1) is 5.92 Å². The standard InChI is InChI=1S/C23H30N2O5/c1-2-3-4-5-12-24-23(28)18-7-6-13-25(15-18)21(26)16-29-19-10-8-17-9-11-22(27)30-20(17)14-19/h8-11,14,18H,2-7,12-13,15-16H2,1H3,(H,24,28). The molecule has 2 amide bonds. The molecule has 1 unspecified atom stereocenters. The van der Waals surface area contributed by atoms with Crippen LogP contribution in [0.2, 0.25) is 0 Å². The molecule has 162 valence electrons. The summed E-state index contributed by atoms with van der Waals surface area (Å²) >= 11 is 0. The topological polar surface area (TPSA) is 88.9 Å². The van der Waals surface area contributed by atoms with Gasteiger partial charge in [0.05, 0.1) is 5.92 Å². The van der Waals surface area contributed by atoms with Crippen molar-refractivity contribution in [1.82, 2.24) is 10.2 Å². The number of carbonyl (C=O) groups excluding carboxylic acids is 2. The number of benzene rings is 1. The van der Waals surface area contributed by atoms with Gasteiger partial charge >= 0.3 is 5.63 Å². The van der Waals surface area contributed by atoms with Crippen LogP contribution < -0.4 is 15.7 Å². The van der Waals surface area contributed by atoms with Gasteiger partial charge in [-0.25, -0.2) is 4.79 Å². The van der Waals surface area contributed by atoms with Gasteiger partial charge in [-0.3, -0.25) is 9.59 Å². The predicted molar refractivity (Wildman–Crippen MR) is 114 cm³/mol. The first-order chi connectivity index (χ1) is 14.6. The number of nitrogens with one attached hydrogen (secondary N) is 1. The summed E-state index contributed by atoms with van der Waals surface area (Å²) in [6.07, 6.45) is 6.08. The first kappa shape index (κ1) is 21.9. The number of amides is 2. The van der Waals surface area contributed by atoms with Gasteiger partial charge in [-0.15, -0.1) is 0 Å². The molecule has 1 aliphatic rings. The Hall–Kier alpha value is -2.83. The van der Waals surface area contributed by atoms with Crippen molar-refractivity contribution in [1.29, 1.82) is 0 Å². The van der Waals surface area contributed by atoms with E-state index in [1.165, 1.54) is 18.9 Å². The van der Waals surface area contributed by atoms with Crippen LogP contribution in [0.25, 0.3) is 11.0 Å². The molecule has 0 aliphatic carbocycles. The van der Waals surface area contributed by atoms with Gasteiger partial charge in [0.1, 0.15) is 11.3 Å². The third kappa shape index (κ3) is 6.08. The van der Waals surface area contributed by atoms with Gasteiger partial charge < -0.3 is 19.4 Å². The number of likely N-dealkylation sites (tertiary alicyclic amines) is 1. The molecule has 1 fully saturated rings. The lowest BCUT2D eigenvalue weighted by Crippen LogP contribution is -2.47. The van der Waals surface area contributed by atoms with E-state index in [0.29, 0.717) is 31.0 Å². The van der Waals surface area contributed by atoms with Crippen molar-refractivity contribution in [2.24, 2.45) is 5.92 Å². The Balaban J connectivity index is 1.48. The van der Waals surface area contributed by atoms with Crippen molar-refractivity contribution in [2.75, 3.05) is 26.2 Å². The number of fused-ring (bicyclic) bond motifs is 1. The summed E-state index contributed by atoms with van der Waals surface area (Å²) in [7, 11) is 0. The van der Waals surface area contributed by atoms with E-state index in [-0.39, 0.29) is 24.3 Å². The third-order valence-corrected chi connectivity index (χ3v) is 5.43. The van der Waals surface area contributed by atoms with Gasteiger partial charge in [-0.05, 0) is 37.5 Å². The lowest BCUT2D eigenvalue weighted by molar-refractivity contribution is -0.137. The van der Waals surface area contributed by atoms with Crippen molar-refractivity contribution in [2.45, 2.75) is 45.4 Å². The second-order valence-electron chi connectivity index (χ2n) is 7.77. The van der Waals surface area contributed by atoms with E-state index >= 15 is 0 Å². The van der Waals surface area contributed by atoms with Crippen molar-refractivity contribution in [3.8, 4) is 5.75 Å². The molecule has 7 heteroatoms. The van der Waals surface area contributed by atoms with Crippen molar-refractivity contribution < 1.29 is 18.7 Å². The fraction of sp³-hybridized carbons (Fsp3) is 0.522. The lowest BCUT2D eigenvalue weighted by Gasteiger charge is -2.32. The smallest absolute Gasteiger partial charge is 0.336 e. The Morgan fingerprint density at radius 3 is 2.87 bits per heavy atom. The maximum absolute atomic E-state index is 12.6. The molecule has 1 atom stereocenters. The number of hydrogen-bond donors (Lipinski definition) is 1. The Labute approximate surface area is 176 Å². The number of rotatable bonds is 9. The summed E-state index contributed by atoms with van der Waals surface area (Å²) in [5.41, 5.74) is -0.0141. The monoisotopic (exact) mass is 414 g/mol. The number of unbranched alkanes of at least 4 members (excludes halogenated alkanes) is 3. The summed E-state index contributed by atoms with van der Waals surface area (Å²) in [5.74, 6) is 0.187. The molecule has 2 heterocycles. The Bertz CT molecular complexity index is 923. The van der Waals surface area contributed by atoms with E-state index in [9.17, 15) is 14.4 Å². The molecule has 1 aromatic heterocycles. The maximum atomic E-state index is 12.6. The Kier molecular flexibility index (Phi) is 7.88. The van der Waals surface area contributed by atoms with Crippen LogP contribution in [0.3, 0.4) is 0 Å². The molecule has 0 spiro atoms. The molecule has 0 saturated carbocycles. The molecule has 1 aromatic carbocycles. The number of carbonyl (C=O) groups is 2. The van der Waals surface area contributed by atoms with Gasteiger partial charge in [0, 0.05) is 37.2 Å². The van der Waals surface area contributed by atoms with Crippen LogP contribution >= 0.6 is 0 Å². The Morgan fingerprint density at radius 1 is 1.20 bits per heavy atom. The van der Waals surface area contributed by atoms with E-state index in [0.717, 1.165) is 31.1 Å². The molecule has 1 N–H and O–H groups in total. The van der Waals surface area contributed by atoms with Crippen LogP contribution in [0.15, 0.2) is 39.5 Å². The molecule has 7 nitrogen and oxygen atoms in total. The summed E-state index contributed by atoms with van der Waals surface area (Å²) in [4.78, 5) is 38.1. The van der Waals surface area contributed by atoms with Gasteiger partial charge in [0.2, 0.25) is 5.91 Å². The minimum Gasteiger partial charge on any atom is -0.484 e. The molecule has 0 radical (unpaired) electrons. The van der Waals surface area contributed by atoms with Gasteiger partial charge in [-0.1, -0.05) is 26.2 Å². The van der Waals surface area contributed by atoms with Crippen LogP contribution in [0.1, 0.15) is 45.4 Å². The highest BCUT2D eigenvalue weighted by molar-refractivity contribution is 5.82. The molecule has 2 aromatic rings. The fourth-order valence-corrected chi connectivity index (χ4v) is 3.69. The van der Waals surface area contributed by atoms with Crippen LogP contribution in [-0.4, -0.2) is 43.0 Å². The molecular weight excluding hydrogens is 384 g/mol. The van der Waals surface area contributed by atoms with E-state index < -0.39 is 5.63 Å². The lowest BCUT2D eigenvalue weighted by atomic mass is 9.97. The minimum absolute atomic E-state index is 0.0366. The van der Waals surface area contributed by atoms with E-state index in [1.807, 2.05) is 0 Å². The first-order valence-corrected chi connectivity index (χ1v) is 10.8. The normalized spacial score (nSPS) is 16.4. The van der Waals surface area contributed by atoms with E-state index in [1.54, 1.807) is 29.2 Å². The molecule has 3 rings (SSSR count). The van der Waals surface area contributed by atoms with Crippen molar-refractivity contribution >= 4 is 22.8 Å². The first-order valence-electron chi connectivity index (χ1n) is 10.8. The molecule has 1 aliphatic heterocycles. The molecule has 30 heavy (non-hydrogen) atoms.